The zero-order valence-electron chi connectivity index (χ0n) is 19.2. The van der Waals surface area contributed by atoms with E-state index in [0.717, 1.165) is 50.2 Å². The average molecular weight is 479 g/mol. The fraction of sp³-hybridized carbons (Fsp3) is 0.115. The summed E-state index contributed by atoms with van der Waals surface area (Å²) in [6.45, 7) is 4.17. The molecule has 0 aliphatic rings. The average Bonchev–Trinajstić information content (AvgIpc) is 3.62. The molecule has 35 heavy (non-hydrogen) atoms. The predicted molar refractivity (Wildman–Crippen MR) is 137 cm³/mol. The van der Waals surface area contributed by atoms with E-state index >= 15 is 0 Å². The Bertz CT molecular complexity index is 1620. The molecule has 3 heterocycles. The number of H-pyrrole nitrogens is 1. The Hall–Kier alpha value is -4.24. The summed E-state index contributed by atoms with van der Waals surface area (Å²) >= 11 is 1.58. The number of aromatic nitrogens is 8. The molecule has 0 aliphatic carbocycles. The quantitative estimate of drug-likeness (QED) is 0.316. The van der Waals surface area contributed by atoms with Gasteiger partial charge >= 0.3 is 0 Å². The number of para-hydroxylation sites is 2. The minimum atomic E-state index is -0.0752. The molecule has 1 atom stereocenters. The van der Waals surface area contributed by atoms with Gasteiger partial charge < -0.3 is 4.98 Å². The van der Waals surface area contributed by atoms with Crippen molar-refractivity contribution in [2.45, 2.75) is 24.3 Å². The van der Waals surface area contributed by atoms with Gasteiger partial charge in [-0.25, -0.2) is 0 Å². The van der Waals surface area contributed by atoms with Crippen LogP contribution < -0.4 is 0 Å². The molecule has 0 bridgehead atoms. The Labute approximate surface area is 206 Å². The summed E-state index contributed by atoms with van der Waals surface area (Å²) in [5, 5.41) is 23.5. The molecule has 0 aliphatic heterocycles. The van der Waals surface area contributed by atoms with Crippen molar-refractivity contribution in [1.82, 2.24) is 40.0 Å². The van der Waals surface area contributed by atoms with Crippen LogP contribution in [0, 0.1) is 6.92 Å². The summed E-state index contributed by atoms with van der Waals surface area (Å²) in [5.41, 5.74) is 5.15. The van der Waals surface area contributed by atoms with Gasteiger partial charge in [-0.1, -0.05) is 60.3 Å². The van der Waals surface area contributed by atoms with E-state index in [1.807, 2.05) is 48.7 Å². The van der Waals surface area contributed by atoms with Gasteiger partial charge in [0.2, 0.25) is 0 Å². The number of tetrazole rings is 1. The van der Waals surface area contributed by atoms with Gasteiger partial charge in [-0.15, -0.1) is 15.3 Å². The second-order valence-electron chi connectivity index (χ2n) is 8.27. The van der Waals surface area contributed by atoms with Gasteiger partial charge in [0.05, 0.1) is 10.9 Å². The van der Waals surface area contributed by atoms with Crippen molar-refractivity contribution in [3.63, 3.8) is 0 Å². The van der Waals surface area contributed by atoms with Gasteiger partial charge in [0.15, 0.2) is 16.8 Å². The summed E-state index contributed by atoms with van der Waals surface area (Å²) in [4.78, 5) is 3.36. The van der Waals surface area contributed by atoms with E-state index in [4.69, 9.17) is 0 Å². The molecule has 0 saturated heterocycles. The number of aromatic amines is 1. The number of hydrogen-bond acceptors (Lipinski definition) is 6. The van der Waals surface area contributed by atoms with E-state index in [1.54, 1.807) is 16.4 Å². The van der Waals surface area contributed by atoms with E-state index in [-0.39, 0.29) is 5.25 Å². The summed E-state index contributed by atoms with van der Waals surface area (Å²) < 4.78 is 3.88. The molecule has 6 rings (SSSR count). The SMILES string of the molecule is Cc1cccc(-n2c(SC(C)c3nnnn3-c3ccccc3)nnc2-c2c[nH]c3ccccc23)c1. The summed E-state index contributed by atoms with van der Waals surface area (Å²) in [5.74, 6) is 1.53. The highest BCUT2D eigenvalue weighted by atomic mass is 32.2. The summed E-state index contributed by atoms with van der Waals surface area (Å²) in [6, 6.07) is 26.5. The van der Waals surface area contributed by atoms with Crippen LogP contribution in [0.1, 0.15) is 23.6 Å². The number of fused-ring (bicyclic) bond motifs is 1. The predicted octanol–water partition coefficient (Wildman–Crippen LogP) is 5.55. The van der Waals surface area contributed by atoms with Crippen LogP contribution in [-0.2, 0) is 0 Å². The lowest BCUT2D eigenvalue weighted by atomic mass is 10.1. The normalized spacial score (nSPS) is 12.3. The first-order chi connectivity index (χ1) is 17.2. The molecule has 0 fully saturated rings. The highest BCUT2D eigenvalue weighted by Crippen LogP contribution is 2.38. The van der Waals surface area contributed by atoms with Gasteiger partial charge in [0.1, 0.15) is 0 Å². The molecule has 0 radical (unpaired) electrons. The Morgan fingerprint density at radius 1 is 0.857 bits per heavy atom. The van der Waals surface area contributed by atoms with Gasteiger partial charge in [-0.2, -0.15) is 4.68 Å². The first kappa shape index (κ1) is 21.3. The summed E-state index contributed by atoms with van der Waals surface area (Å²) in [7, 11) is 0. The molecule has 9 heteroatoms. The lowest BCUT2D eigenvalue weighted by molar-refractivity contribution is 0.760. The van der Waals surface area contributed by atoms with E-state index in [2.05, 4.69) is 85.5 Å². The monoisotopic (exact) mass is 478 g/mol. The zero-order valence-corrected chi connectivity index (χ0v) is 20.0. The molecule has 8 nitrogen and oxygen atoms in total. The van der Waals surface area contributed by atoms with Crippen LogP contribution in [-0.4, -0.2) is 40.0 Å². The van der Waals surface area contributed by atoms with E-state index in [1.165, 1.54) is 0 Å². The Morgan fingerprint density at radius 2 is 1.66 bits per heavy atom. The van der Waals surface area contributed by atoms with Crippen LogP contribution in [0.5, 0.6) is 0 Å². The Morgan fingerprint density at radius 3 is 2.51 bits per heavy atom. The van der Waals surface area contributed by atoms with E-state index in [9.17, 15) is 0 Å². The van der Waals surface area contributed by atoms with Crippen LogP contribution in [0.2, 0.25) is 0 Å². The second kappa shape index (κ2) is 8.84. The van der Waals surface area contributed by atoms with Crippen molar-refractivity contribution >= 4 is 22.7 Å². The fourth-order valence-corrected chi connectivity index (χ4v) is 5.14. The van der Waals surface area contributed by atoms with Gasteiger partial charge in [-0.3, -0.25) is 4.57 Å². The molecular weight excluding hydrogens is 456 g/mol. The molecule has 6 aromatic rings. The summed E-state index contributed by atoms with van der Waals surface area (Å²) in [6.07, 6.45) is 1.99. The minimum absolute atomic E-state index is 0.0752. The van der Waals surface area contributed by atoms with Crippen molar-refractivity contribution in [2.24, 2.45) is 0 Å². The Balaban J connectivity index is 1.44. The van der Waals surface area contributed by atoms with Crippen LogP contribution >= 0.6 is 11.8 Å². The smallest absolute Gasteiger partial charge is 0.196 e. The number of benzene rings is 3. The third-order valence-electron chi connectivity index (χ3n) is 5.86. The van der Waals surface area contributed by atoms with Crippen molar-refractivity contribution in [3.05, 3.63) is 96.4 Å². The third kappa shape index (κ3) is 3.89. The highest BCUT2D eigenvalue weighted by molar-refractivity contribution is 7.99. The fourth-order valence-electron chi connectivity index (χ4n) is 4.19. The molecular formula is C26H22N8S. The third-order valence-corrected chi connectivity index (χ3v) is 6.90. The van der Waals surface area contributed by atoms with Crippen LogP contribution in [0.4, 0.5) is 0 Å². The van der Waals surface area contributed by atoms with Crippen molar-refractivity contribution in [3.8, 4) is 22.8 Å². The molecule has 1 N–H and O–H groups in total. The molecule has 0 amide bonds. The van der Waals surface area contributed by atoms with E-state index in [0.29, 0.717) is 0 Å². The minimum Gasteiger partial charge on any atom is -0.360 e. The topological polar surface area (TPSA) is 90.1 Å². The Kier molecular flexibility index (Phi) is 5.38. The number of rotatable bonds is 6. The maximum atomic E-state index is 4.64. The van der Waals surface area contributed by atoms with Crippen LogP contribution in [0.25, 0.3) is 33.7 Å². The largest absolute Gasteiger partial charge is 0.360 e. The first-order valence-corrected chi connectivity index (χ1v) is 12.2. The molecule has 0 spiro atoms. The maximum absolute atomic E-state index is 4.64. The van der Waals surface area contributed by atoms with Gasteiger partial charge in [0.25, 0.3) is 0 Å². The lowest BCUT2D eigenvalue weighted by Crippen LogP contribution is -2.06. The molecule has 172 valence electrons. The van der Waals surface area contributed by atoms with Crippen molar-refractivity contribution in [1.29, 1.82) is 0 Å². The molecule has 3 aromatic carbocycles. The standard InChI is InChI=1S/C26H22N8S/c1-17-9-8-12-20(15-17)33-25(22-16-27-23-14-7-6-13-21(22)23)28-30-26(33)35-18(2)24-29-31-32-34(24)19-10-4-3-5-11-19/h3-16,18,27H,1-2H3. The molecule has 0 saturated carbocycles. The maximum Gasteiger partial charge on any atom is 0.196 e. The number of nitrogens with one attached hydrogen (secondary N) is 1. The highest BCUT2D eigenvalue weighted by Gasteiger charge is 2.24. The van der Waals surface area contributed by atoms with Gasteiger partial charge in [-0.05, 0) is 60.2 Å². The zero-order chi connectivity index (χ0) is 23.8. The number of nitrogens with zero attached hydrogens (tertiary/aromatic N) is 7. The lowest BCUT2D eigenvalue weighted by Gasteiger charge is -2.14. The number of hydrogen-bond donors (Lipinski definition) is 1. The van der Waals surface area contributed by atoms with Crippen LogP contribution in [0.15, 0.2) is 90.2 Å². The second-order valence-corrected chi connectivity index (χ2v) is 9.58. The van der Waals surface area contributed by atoms with Crippen molar-refractivity contribution in [2.75, 3.05) is 0 Å². The van der Waals surface area contributed by atoms with Crippen molar-refractivity contribution < 1.29 is 0 Å². The number of thioether (sulfide) groups is 1. The van der Waals surface area contributed by atoms with Gasteiger partial charge in [0, 0.05) is 28.4 Å². The van der Waals surface area contributed by atoms with Crippen LogP contribution in [0.3, 0.4) is 0 Å². The number of aryl methyl sites for hydroxylation is 1. The molecule has 3 aromatic heterocycles. The molecule has 1 unspecified atom stereocenters. The van der Waals surface area contributed by atoms with E-state index < -0.39 is 0 Å². The first-order valence-electron chi connectivity index (χ1n) is 11.3.